The number of halogens is 3. The molecular weight excluding hydrogens is 505 g/mol. The fourth-order valence-corrected chi connectivity index (χ4v) is 4.39. The van der Waals surface area contributed by atoms with Crippen molar-refractivity contribution in [2.75, 3.05) is 6.54 Å². The van der Waals surface area contributed by atoms with Gasteiger partial charge in [-0.1, -0.05) is 89.0 Å². The van der Waals surface area contributed by atoms with E-state index >= 15 is 0 Å². The fraction of sp³-hybridized carbons (Fsp3) is 0.548. The molecule has 216 valence electrons. The summed E-state index contributed by atoms with van der Waals surface area (Å²) >= 11 is 0. The van der Waals surface area contributed by atoms with Crippen LogP contribution in [0.4, 0.5) is 13.2 Å². The van der Waals surface area contributed by atoms with Gasteiger partial charge in [0.05, 0.1) is 18.2 Å². The summed E-state index contributed by atoms with van der Waals surface area (Å²) in [6.07, 6.45) is 8.00. The van der Waals surface area contributed by atoms with E-state index in [9.17, 15) is 22.8 Å². The molecule has 1 amide bonds. The lowest BCUT2D eigenvalue weighted by Gasteiger charge is -2.27. The van der Waals surface area contributed by atoms with E-state index in [1.165, 1.54) is 75.5 Å². The highest BCUT2D eigenvalue weighted by Crippen LogP contribution is 2.30. The molecule has 2 aromatic rings. The van der Waals surface area contributed by atoms with E-state index in [2.05, 4.69) is 12.2 Å². The third-order valence-corrected chi connectivity index (χ3v) is 6.77. The van der Waals surface area contributed by atoms with Crippen LogP contribution < -0.4 is 5.32 Å². The molecule has 0 aliphatic carbocycles. The van der Waals surface area contributed by atoms with Crippen molar-refractivity contribution in [3.8, 4) is 0 Å². The van der Waals surface area contributed by atoms with Crippen LogP contribution in [0.15, 0.2) is 48.5 Å². The van der Waals surface area contributed by atoms with Crippen LogP contribution in [0, 0.1) is 0 Å². The Kier molecular flexibility index (Phi) is 14.1. The first-order valence-corrected chi connectivity index (χ1v) is 14.1. The molecule has 39 heavy (non-hydrogen) atoms. The van der Waals surface area contributed by atoms with E-state index < -0.39 is 17.7 Å². The predicted octanol–water partition coefficient (Wildman–Crippen LogP) is 8.40. The van der Waals surface area contributed by atoms with Gasteiger partial charge in [-0.2, -0.15) is 13.2 Å². The van der Waals surface area contributed by atoms with Crippen molar-refractivity contribution in [1.29, 1.82) is 0 Å². The van der Waals surface area contributed by atoms with Gasteiger partial charge in [-0.15, -0.1) is 5.06 Å². The molecule has 0 bridgehead atoms. The van der Waals surface area contributed by atoms with Crippen molar-refractivity contribution in [1.82, 2.24) is 10.4 Å². The lowest BCUT2D eigenvalue weighted by molar-refractivity contribution is -0.202. The zero-order valence-electron chi connectivity index (χ0n) is 23.5. The number of nitrogens with one attached hydrogen (secondary N) is 1. The molecule has 0 spiro atoms. The lowest BCUT2D eigenvalue weighted by atomic mass is 10.0. The van der Waals surface area contributed by atoms with Gasteiger partial charge in [0.1, 0.15) is 0 Å². The normalized spacial score (nSPS) is 12.4. The summed E-state index contributed by atoms with van der Waals surface area (Å²) in [5.41, 5.74) is 1.17. The Morgan fingerprint density at radius 3 is 1.90 bits per heavy atom. The molecule has 0 aliphatic rings. The number of hydrogen-bond donors (Lipinski definition) is 1. The SMILES string of the molecule is CCCCCCCCCCCCNC(=O)c1ccc(C(C)N(Cc2ccc(C(F)(F)F)cc2)OC(C)=O)cc1. The van der Waals surface area contributed by atoms with E-state index in [0.29, 0.717) is 17.7 Å². The van der Waals surface area contributed by atoms with Crippen LogP contribution in [-0.4, -0.2) is 23.5 Å². The second-order valence-corrected chi connectivity index (χ2v) is 10.1. The number of carbonyl (C=O) groups is 2. The number of hydroxylamine groups is 2. The van der Waals surface area contributed by atoms with Crippen LogP contribution in [0.3, 0.4) is 0 Å². The van der Waals surface area contributed by atoms with Gasteiger partial charge in [0.15, 0.2) is 0 Å². The lowest BCUT2D eigenvalue weighted by Crippen LogP contribution is -2.29. The summed E-state index contributed by atoms with van der Waals surface area (Å²) in [4.78, 5) is 29.6. The van der Waals surface area contributed by atoms with Gasteiger partial charge >= 0.3 is 12.1 Å². The highest BCUT2D eigenvalue weighted by Gasteiger charge is 2.30. The van der Waals surface area contributed by atoms with E-state index in [4.69, 9.17) is 4.84 Å². The topological polar surface area (TPSA) is 58.6 Å². The molecule has 2 rings (SSSR count). The summed E-state index contributed by atoms with van der Waals surface area (Å²) in [6, 6.07) is 11.4. The number of carbonyl (C=O) groups excluding carboxylic acids is 2. The van der Waals surface area contributed by atoms with E-state index in [1.54, 1.807) is 24.3 Å². The minimum Gasteiger partial charge on any atom is -0.367 e. The molecule has 0 fully saturated rings. The minimum absolute atomic E-state index is 0.111. The third-order valence-electron chi connectivity index (χ3n) is 6.77. The van der Waals surface area contributed by atoms with Gasteiger partial charge in [-0.25, -0.2) is 0 Å². The van der Waals surface area contributed by atoms with E-state index in [0.717, 1.165) is 30.5 Å². The van der Waals surface area contributed by atoms with Gasteiger partial charge < -0.3 is 10.2 Å². The third kappa shape index (κ3) is 12.2. The van der Waals surface area contributed by atoms with Crippen molar-refractivity contribution in [3.63, 3.8) is 0 Å². The van der Waals surface area contributed by atoms with E-state index in [-0.39, 0.29) is 18.5 Å². The number of hydrogen-bond acceptors (Lipinski definition) is 4. The fourth-order valence-electron chi connectivity index (χ4n) is 4.39. The number of alkyl halides is 3. The standard InChI is InChI=1S/C31H43F3N2O3/c1-4-5-6-7-8-9-10-11-12-13-22-35-30(38)28-18-16-27(17-19-28)24(2)36(39-25(3)37)23-26-14-20-29(21-15-26)31(32,33)34/h14-21,24H,4-13,22-23H2,1-3H3,(H,35,38). The first-order chi connectivity index (χ1) is 18.6. The monoisotopic (exact) mass is 548 g/mol. The number of unbranched alkanes of at least 4 members (excludes halogenated alkanes) is 9. The summed E-state index contributed by atoms with van der Waals surface area (Å²) in [5, 5.41) is 4.39. The van der Waals surface area contributed by atoms with Crippen molar-refractivity contribution in [2.24, 2.45) is 0 Å². The highest BCUT2D eigenvalue weighted by atomic mass is 19.4. The molecule has 0 aromatic heterocycles. The highest BCUT2D eigenvalue weighted by molar-refractivity contribution is 5.94. The maximum absolute atomic E-state index is 12.9. The molecule has 0 radical (unpaired) electrons. The van der Waals surface area contributed by atoms with Crippen molar-refractivity contribution in [2.45, 2.75) is 104 Å². The molecule has 1 N–H and O–H groups in total. The summed E-state index contributed by atoms with van der Waals surface area (Å²) in [6.45, 7) is 6.08. The molecular formula is C31H43F3N2O3. The van der Waals surface area contributed by atoms with Crippen LogP contribution in [0.25, 0.3) is 0 Å². The number of benzene rings is 2. The molecule has 0 saturated carbocycles. The number of rotatable bonds is 17. The van der Waals surface area contributed by atoms with Crippen LogP contribution in [0.5, 0.6) is 0 Å². The quantitative estimate of drug-likeness (QED) is 0.159. The van der Waals surface area contributed by atoms with Crippen molar-refractivity contribution in [3.05, 3.63) is 70.8 Å². The molecule has 1 atom stereocenters. The largest absolute Gasteiger partial charge is 0.416 e. The van der Waals surface area contributed by atoms with Crippen LogP contribution in [-0.2, 0) is 22.4 Å². The Labute approximate surface area is 231 Å². The summed E-state index contributed by atoms with van der Waals surface area (Å²) < 4.78 is 38.6. The van der Waals surface area contributed by atoms with E-state index in [1.807, 2.05) is 6.92 Å². The second-order valence-electron chi connectivity index (χ2n) is 10.1. The second kappa shape index (κ2) is 17.0. The van der Waals surface area contributed by atoms with Gasteiger partial charge in [-0.3, -0.25) is 9.59 Å². The van der Waals surface area contributed by atoms with Gasteiger partial charge in [0.2, 0.25) is 0 Å². The zero-order chi connectivity index (χ0) is 28.7. The van der Waals surface area contributed by atoms with Gasteiger partial charge in [0, 0.05) is 19.0 Å². The molecule has 0 heterocycles. The van der Waals surface area contributed by atoms with Crippen molar-refractivity contribution < 1.29 is 27.6 Å². The number of amides is 1. The van der Waals surface area contributed by atoms with Crippen LogP contribution in [0.2, 0.25) is 0 Å². The Balaban J connectivity index is 1.82. The molecule has 5 nitrogen and oxygen atoms in total. The Morgan fingerprint density at radius 2 is 1.38 bits per heavy atom. The molecule has 8 heteroatoms. The molecule has 1 unspecified atom stereocenters. The summed E-state index contributed by atoms with van der Waals surface area (Å²) in [7, 11) is 0. The average molecular weight is 549 g/mol. The first kappa shape index (κ1) is 32.3. The average Bonchev–Trinajstić information content (AvgIpc) is 2.90. The Morgan fingerprint density at radius 1 is 0.846 bits per heavy atom. The smallest absolute Gasteiger partial charge is 0.367 e. The Hall–Kier alpha value is -2.87. The molecule has 0 aliphatic heterocycles. The minimum atomic E-state index is -4.41. The molecule has 2 aromatic carbocycles. The van der Waals surface area contributed by atoms with Crippen LogP contribution in [0.1, 0.15) is 118 Å². The summed E-state index contributed by atoms with van der Waals surface area (Å²) in [5.74, 6) is -0.663. The predicted molar refractivity (Wildman–Crippen MR) is 148 cm³/mol. The first-order valence-electron chi connectivity index (χ1n) is 14.1. The maximum Gasteiger partial charge on any atom is 0.416 e. The van der Waals surface area contributed by atoms with Crippen molar-refractivity contribution >= 4 is 11.9 Å². The Bertz CT molecular complexity index is 992. The van der Waals surface area contributed by atoms with Gasteiger partial charge in [-0.05, 0) is 48.7 Å². The number of nitrogens with zero attached hydrogens (tertiary/aromatic N) is 1. The maximum atomic E-state index is 12.9. The van der Waals surface area contributed by atoms with Crippen LogP contribution >= 0.6 is 0 Å². The molecule has 0 saturated heterocycles. The zero-order valence-corrected chi connectivity index (χ0v) is 23.5. The van der Waals surface area contributed by atoms with Gasteiger partial charge in [0.25, 0.3) is 5.91 Å².